The Morgan fingerprint density at radius 2 is 1.79 bits per heavy atom. The number of rotatable bonds is 2. The fourth-order valence-electron chi connectivity index (χ4n) is 2.95. The molecule has 0 aliphatic heterocycles. The Labute approximate surface area is 113 Å². The van der Waals surface area contributed by atoms with E-state index in [4.69, 9.17) is 0 Å². The SMILES string of the molecule is CCn1c2ccc(CO)cc2c2c(C)c(C)ccc21. The Hall–Kier alpha value is -1.80. The van der Waals surface area contributed by atoms with Crippen molar-refractivity contribution >= 4 is 21.8 Å². The van der Waals surface area contributed by atoms with Crippen LogP contribution in [-0.4, -0.2) is 9.67 Å². The summed E-state index contributed by atoms with van der Waals surface area (Å²) in [6.07, 6.45) is 0. The van der Waals surface area contributed by atoms with E-state index in [2.05, 4.69) is 49.6 Å². The van der Waals surface area contributed by atoms with E-state index in [1.165, 1.54) is 32.9 Å². The van der Waals surface area contributed by atoms with Gasteiger partial charge in [0.15, 0.2) is 0 Å². The van der Waals surface area contributed by atoms with Crippen molar-refractivity contribution < 1.29 is 5.11 Å². The highest BCUT2D eigenvalue weighted by atomic mass is 16.3. The number of benzene rings is 2. The number of nitrogens with zero attached hydrogens (tertiary/aromatic N) is 1. The summed E-state index contributed by atoms with van der Waals surface area (Å²) in [6, 6.07) is 10.7. The molecule has 0 bridgehead atoms. The van der Waals surface area contributed by atoms with Crippen LogP contribution in [-0.2, 0) is 13.2 Å². The van der Waals surface area contributed by atoms with Crippen molar-refractivity contribution in [1.29, 1.82) is 0 Å². The van der Waals surface area contributed by atoms with Crippen LogP contribution in [0.2, 0.25) is 0 Å². The van der Waals surface area contributed by atoms with Crippen molar-refractivity contribution in [3.63, 3.8) is 0 Å². The van der Waals surface area contributed by atoms with E-state index in [0.717, 1.165) is 12.1 Å². The fraction of sp³-hybridized carbons (Fsp3) is 0.294. The predicted molar refractivity (Wildman–Crippen MR) is 80.5 cm³/mol. The number of hydrogen-bond donors (Lipinski definition) is 1. The van der Waals surface area contributed by atoms with Gasteiger partial charge in [0.05, 0.1) is 6.61 Å². The first-order valence-electron chi connectivity index (χ1n) is 6.79. The molecule has 2 aromatic carbocycles. The maximum absolute atomic E-state index is 9.35. The lowest BCUT2D eigenvalue weighted by atomic mass is 10.0. The monoisotopic (exact) mass is 253 g/mol. The van der Waals surface area contributed by atoms with E-state index in [1.807, 2.05) is 6.07 Å². The maximum Gasteiger partial charge on any atom is 0.0682 e. The lowest BCUT2D eigenvalue weighted by molar-refractivity contribution is 0.282. The summed E-state index contributed by atoms with van der Waals surface area (Å²) in [5.41, 5.74) is 6.17. The molecule has 1 N–H and O–H groups in total. The van der Waals surface area contributed by atoms with Gasteiger partial charge in [0, 0.05) is 28.4 Å². The van der Waals surface area contributed by atoms with Gasteiger partial charge in [0.25, 0.3) is 0 Å². The van der Waals surface area contributed by atoms with Crippen molar-refractivity contribution in [3.8, 4) is 0 Å². The lowest BCUT2D eigenvalue weighted by Gasteiger charge is -2.05. The van der Waals surface area contributed by atoms with Crippen molar-refractivity contribution in [2.75, 3.05) is 0 Å². The summed E-state index contributed by atoms with van der Waals surface area (Å²) in [5, 5.41) is 11.9. The minimum absolute atomic E-state index is 0.0968. The van der Waals surface area contributed by atoms with Gasteiger partial charge in [-0.1, -0.05) is 12.1 Å². The number of aromatic nitrogens is 1. The molecule has 0 saturated carbocycles. The van der Waals surface area contributed by atoms with Gasteiger partial charge >= 0.3 is 0 Å². The Kier molecular flexibility index (Phi) is 2.83. The van der Waals surface area contributed by atoms with Crippen molar-refractivity contribution in [2.45, 2.75) is 33.9 Å². The van der Waals surface area contributed by atoms with Gasteiger partial charge in [0.2, 0.25) is 0 Å². The second-order valence-corrected chi connectivity index (χ2v) is 5.16. The van der Waals surface area contributed by atoms with Crippen molar-refractivity contribution in [3.05, 3.63) is 47.0 Å². The number of aryl methyl sites for hydroxylation is 3. The van der Waals surface area contributed by atoms with Gasteiger partial charge in [-0.3, -0.25) is 0 Å². The van der Waals surface area contributed by atoms with Crippen LogP contribution in [0.3, 0.4) is 0 Å². The molecule has 0 fully saturated rings. The zero-order valence-corrected chi connectivity index (χ0v) is 11.7. The molecule has 3 rings (SSSR count). The van der Waals surface area contributed by atoms with Gasteiger partial charge < -0.3 is 9.67 Å². The molecule has 2 heteroatoms. The molecule has 3 aromatic rings. The third-order valence-electron chi connectivity index (χ3n) is 4.12. The number of fused-ring (bicyclic) bond motifs is 3. The third kappa shape index (κ3) is 1.67. The van der Waals surface area contributed by atoms with Crippen molar-refractivity contribution in [1.82, 2.24) is 4.57 Å². The molecule has 0 aliphatic rings. The fourth-order valence-corrected chi connectivity index (χ4v) is 2.95. The summed E-state index contributed by atoms with van der Waals surface area (Å²) in [7, 11) is 0. The van der Waals surface area contributed by atoms with Crippen LogP contribution >= 0.6 is 0 Å². The molecule has 0 saturated heterocycles. The van der Waals surface area contributed by atoms with Crippen LogP contribution in [0, 0.1) is 13.8 Å². The normalized spacial score (nSPS) is 11.6. The van der Waals surface area contributed by atoms with Gasteiger partial charge in [-0.05, 0) is 55.7 Å². The van der Waals surface area contributed by atoms with E-state index in [-0.39, 0.29) is 6.61 Å². The van der Waals surface area contributed by atoms with Crippen LogP contribution in [0.25, 0.3) is 21.8 Å². The van der Waals surface area contributed by atoms with Crippen LogP contribution < -0.4 is 0 Å². The molecule has 0 unspecified atom stereocenters. The minimum Gasteiger partial charge on any atom is -0.392 e. The molecule has 1 aromatic heterocycles. The van der Waals surface area contributed by atoms with Gasteiger partial charge in [-0.15, -0.1) is 0 Å². The van der Waals surface area contributed by atoms with Crippen LogP contribution in [0.5, 0.6) is 0 Å². The Bertz CT molecular complexity index is 768. The summed E-state index contributed by atoms with van der Waals surface area (Å²) >= 11 is 0. The van der Waals surface area contributed by atoms with Crippen LogP contribution in [0.1, 0.15) is 23.6 Å². The quantitative estimate of drug-likeness (QED) is 0.735. The molecule has 0 aliphatic carbocycles. The highest BCUT2D eigenvalue weighted by Crippen LogP contribution is 2.33. The molecule has 19 heavy (non-hydrogen) atoms. The van der Waals surface area contributed by atoms with Gasteiger partial charge in [-0.2, -0.15) is 0 Å². The molecule has 0 radical (unpaired) electrons. The van der Waals surface area contributed by atoms with Crippen LogP contribution in [0.15, 0.2) is 30.3 Å². The first kappa shape index (κ1) is 12.2. The summed E-state index contributed by atoms with van der Waals surface area (Å²) in [6.45, 7) is 7.57. The highest BCUT2D eigenvalue weighted by molar-refractivity contribution is 6.10. The Morgan fingerprint density at radius 3 is 2.47 bits per heavy atom. The first-order chi connectivity index (χ1) is 9.17. The molecule has 0 amide bonds. The van der Waals surface area contributed by atoms with E-state index in [1.54, 1.807) is 0 Å². The van der Waals surface area contributed by atoms with E-state index in [0.29, 0.717) is 0 Å². The standard InChI is InChI=1S/C17H19NO/c1-4-18-15-8-6-13(10-19)9-14(15)17-12(3)11(2)5-7-16(17)18/h5-9,19H,4,10H2,1-3H3. The Morgan fingerprint density at radius 1 is 1.05 bits per heavy atom. The summed E-state index contributed by atoms with van der Waals surface area (Å²) in [5.74, 6) is 0. The first-order valence-corrected chi connectivity index (χ1v) is 6.79. The highest BCUT2D eigenvalue weighted by Gasteiger charge is 2.12. The van der Waals surface area contributed by atoms with Gasteiger partial charge in [0.1, 0.15) is 0 Å². The molecule has 0 spiro atoms. The number of aliphatic hydroxyl groups is 1. The zero-order chi connectivity index (χ0) is 13.6. The predicted octanol–water partition coefficient (Wildman–Crippen LogP) is 3.92. The minimum atomic E-state index is 0.0968. The van der Waals surface area contributed by atoms with Crippen LogP contribution in [0.4, 0.5) is 0 Å². The second-order valence-electron chi connectivity index (χ2n) is 5.16. The molecule has 98 valence electrons. The molecular weight excluding hydrogens is 234 g/mol. The molecule has 2 nitrogen and oxygen atoms in total. The van der Waals surface area contributed by atoms with E-state index < -0.39 is 0 Å². The molecule has 1 heterocycles. The largest absolute Gasteiger partial charge is 0.392 e. The summed E-state index contributed by atoms with van der Waals surface area (Å²) < 4.78 is 2.35. The van der Waals surface area contributed by atoms with E-state index in [9.17, 15) is 5.11 Å². The van der Waals surface area contributed by atoms with Crippen molar-refractivity contribution in [2.24, 2.45) is 0 Å². The molecular formula is C17H19NO. The Balaban J connectivity index is 2.55. The lowest BCUT2D eigenvalue weighted by Crippen LogP contribution is -1.93. The average molecular weight is 253 g/mol. The average Bonchev–Trinajstić information content (AvgIpc) is 2.75. The smallest absolute Gasteiger partial charge is 0.0682 e. The zero-order valence-electron chi connectivity index (χ0n) is 11.7. The number of hydrogen-bond acceptors (Lipinski definition) is 1. The third-order valence-corrected chi connectivity index (χ3v) is 4.12. The maximum atomic E-state index is 9.35. The van der Waals surface area contributed by atoms with Gasteiger partial charge in [-0.25, -0.2) is 0 Å². The van der Waals surface area contributed by atoms with E-state index >= 15 is 0 Å². The number of aliphatic hydroxyl groups excluding tert-OH is 1. The summed E-state index contributed by atoms with van der Waals surface area (Å²) in [4.78, 5) is 0. The molecule has 0 atom stereocenters. The second kappa shape index (κ2) is 4.39. The topological polar surface area (TPSA) is 25.2 Å².